The van der Waals surface area contributed by atoms with E-state index in [1.54, 1.807) is 0 Å². The third kappa shape index (κ3) is 3.55. The van der Waals surface area contributed by atoms with Crippen LogP contribution < -0.4 is 4.74 Å². The molecule has 1 N–H and O–H groups in total. The van der Waals surface area contributed by atoms with E-state index < -0.39 is 32.2 Å². The minimum Gasteiger partial charge on any atom is -0.458 e. The van der Waals surface area contributed by atoms with Crippen molar-refractivity contribution in [2.75, 3.05) is 0 Å². The number of aliphatic hydroxyl groups is 1. The van der Waals surface area contributed by atoms with Gasteiger partial charge in [0.25, 0.3) is 9.84 Å². The molecule has 0 radical (unpaired) electrons. The van der Waals surface area contributed by atoms with E-state index in [0.29, 0.717) is 6.42 Å². The van der Waals surface area contributed by atoms with Gasteiger partial charge in [0.1, 0.15) is 17.3 Å². The first-order valence-corrected chi connectivity index (χ1v) is 9.54. The highest BCUT2D eigenvalue weighted by molar-refractivity contribution is 7.92. The van der Waals surface area contributed by atoms with E-state index in [0.717, 1.165) is 24.3 Å². The highest BCUT2D eigenvalue weighted by Gasteiger charge is 2.49. The Morgan fingerprint density at radius 3 is 2.57 bits per heavy atom. The van der Waals surface area contributed by atoms with Crippen molar-refractivity contribution in [3.8, 4) is 11.5 Å². The summed E-state index contributed by atoms with van der Waals surface area (Å²) in [5.74, 6) is -0.815. The van der Waals surface area contributed by atoms with Crippen molar-refractivity contribution in [2.45, 2.75) is 35.8 Å². The SMILES string of the molecule is [C-]#[N+]c1cc(F)cc(Oc2ccc(S(=O)(=O)C(F)(F)F)c3c2CCCC3O)c1. The summed E-state index contributed by atoms with van der Waals surface area (Å²) in [6.07, 6.45) is -0.742. The van der Waals surface area contributed by atoms with Crippen LogP contribution in [0.25, 0.3) is 4.85 Å². The number of ether oxygens (including phenoxy) is 1. The van der Waals surface area contributed by atoms with Crippen LogP contribution in [0.1, 0.15) is 30.1 Å². The number of hydrogen-bond acceptors (Lipinski definition) is 4. The molecule has 10 heteroatoms. The van der Waals surface area contributed by atoms with Crippen LogP contribution in [0.3, 0.4) is 0 Å². The number of hydrogen-bond donors (Lipinski definition) is 1. The van der Waals surface area contributed by atoms with Gasteiger partial charge in [-0.05, 0) is 43.5 Å². The number of benzene rings is 2. The van der Waals surface area contributed by atoms with E-state index in [-0.39, 0.29) is 41.2 Å². The van der Waals surface area contributed by atoms with Crippen LogP contribution in [0.4, 0.5) is 23.2 Å². The number of halogens is 4. The van der Waals surface area contributed by atoms with Gasteiger partial charge in [0.2, 0.25) is 0 Å². The lowest BCUT2D eigenvalue weighted by molar-refractivity contribution is -0.0437. The summed E-state index contributed by atoms with van der Waals surface area (Å²) in [6, 6.07) is 4.97. The molecule has 0 spiro atoms. The number of alkyl halides is 3. The summed E-state index contributed by atoms with van der Waals surface area (Å²) >= 11 is 0. The molecule has 0 fully saturated rings. The van der Waals surface area contributed by atoms with Crippen molar-refractivity contribution in [1.29, 1.82) is 0 Å². The van der Waals surface area contributed by atoms with Gasteiger partial charge in [-0.2, -0.15) is 13.2 Å². The molecule has 0 bridgehead atoms. The Kier molecular flexibility index (Phi) is 5.08. The molecular formula is C18H13F4NO4S. The Bertz CT molecular complexity index is 1070. The molecule has 1 atom stereocenters. The van der Waals surface area contributed by atoms with Crippen LogP contribution in [0.15, 0.2) is 35.2 Å². The second-order valence-corrected chi connectivity index (χ2v) is 8.08. The third-order valence-corrected chi connectivity index (χ3v) is 5.86. The molecule has 0 heterocycles. The summed E-state index contributed by atoms with van der Waals surface area (Å²) in [6.45, 7) is 6.95. The second kappa shape index (κ2) is 7.07. The first-order valence-electron chi connectivity index (χ1n) is 8.05. The van der Waals surface area contributed by atoms with E-state index in [2.05, 4.69) is 4.85 Å². The van der Waals surface area contributed by atoms with Crippen molar-refractivity contribution >= 4 is 15.5 Å². The quantitative estimate of drug-likeness (QED) is 0.576. The fraction of sp³-hybridized carbons (Fsp3) is 0.278. The first-order chi connectivity index (χ1) is 13.0. The summed E-state index contributed by atoms with van der Waals surface area (Å²) < 4.78 is 82.0. The molecule has 3 rings (SSSR count). The van der Waals surface area contributed by atoms with Crippen LogP contribution in [0.2, 0.25) is 0 Å². The normalized spacial score (nSPS) is 16.9. The lowest BCUT2D eigenvalue weighted by Gasteiger charge is -2.26. The van der Waals surface area contributed by atoms with Gasteiger partial charge in [-0.1, -0.05) is 0 Å². The number of fused-ring (bicyclic) bond motifs is 1. The molecule has 1 aliphatic carbocycles. The fourth-order valence-electron chi connectivity index (χ4n) is 3.12. The second-order valence-electron chi connectivity index (χ2n) is 6.17. The Morgan fingerprint density at radius 2 is 1.93 bits per heavy atom. The minimum atomic E-state index is -5.67. The zero-order chi connectivity index (χ0) is 20.7. The molecule has 5 nitrogen and oxygen atoms in total. The number of sulfone groups is 1. The molecule has 0 aromatic heterocycles. The zero-order valence-electron chi connectivity index (χ0n) is 14.1. The highest BCUT2D eigenvalue weighted by atomic mass is 32.2. The van der Waals surface area contributed by atoms with Crippen molar-refractivity contribution in [2.24, 2.45) is 0 Å². The van der Waals surface area contributed by atoms with Gasteiger partial charge in [-0.15, -0.1) is 0 Å². The topological polar surface area (TPSA) is 68.0 Å². The number of rotatable bonds is 3. The number of aliphatic hydroxyl groups excluding tert-OH is 1. The van der Waals surface area contributed by atoms with E-state index in [9.17, 15) is 31.1 Å². The highest BCUT2D eigenvalue weighted by Crippen LogP contribution is 2.44. The summed E-state index contributed by atoms with van der Waals surface area (Å²) in [4.78, 5) is 2.07. The minimum absolute atomic E-state index is 0.00333. The maximum atomic E-state index is 13.6. The van der Waals surface area contributed by atoms with E-state index in [1.807, 2.05) is 0 Å². The van der Waals surface area contributed by atoms with Gasteiger partial charge in [0.05, 0.1) is 17.6 Å². The molecule has 148 valence electrons. The molecule has 1 unspecified atom stereocenters. The van der Waals surface area contributed by atoms with Gasteiger partial charge in [0, 0.05) is 17.2 Å². The monoisotopic (exact) mass is 415 g/mol. The molecule has 0 aliphatic heterocycles. The Hall–Kier alpha value is -2.64. The van der Waals surface area contributed by atoms with Crippen LogP contribution in [-0.2, 0) is 16.3 Å². The standard InChI is InChI=1S/C18H13F4NO4S/c1-23-11-7-10(19)8-12(9-11)27-15-5-6-16(28(25,26)18(20,21)22)17-13(15)3-2-4-14(17)24/h5-9,14,24H,2-4H2. The van der Waals surface area contributed by atoms with Crippen LogP contribution in [0.5, 0.6) is 11.5 Å². The van der Waals surface area contributed by atoms with Crippen molar-refractivity contribution < 1.29 is 35.8 Å². The molecule has 0 saturated heterocycles. The van der Waals surface area contributed by atoms with Gasteiger partial charge >= 0.3 is 5.51 Å². The molecule has 2 aromatic carbocycles. The average Bonchev–Trinajstić information content (AvgIpc) is 2.60. The van der Waals surface area contributed by atoms with Gasteiger partial charge in [0.15, 0.2) is 5.69 Å². The van der Waals surface area contributed by atoms with Crippen molar-refractivity contribution in [3.05, 3.63) is 58.7 Å². The van der Waals surface area contributed by atoms with E-state index >= 15 is 0 Å². The molecule has 1 aliphatic rings. The number of nitrogens with zero attached hydrogens (tertiary/aromatic N) is 1. The summed E-state index contributed by atoms with van der Waals surface area (Å²) in [5.41, 5.74) is -5.81. The summed E-state index contributed by atoms with van der Waals surface area (Å²) in [7, 11) is -5.67. The van der Waals surface area contributed by atoms with E-state index in [4.69, 9.17) is 11.3 Å². The lowest BCUT2D eigenvalue weighted by Crippen LogP contribution is -2.26. The summed E-state index contributed by atoms with van der Waals surface area (Å²) in [5, 5.41) is 10.2. The molecule has 28 heavy (non-hydrogen) atoms. The van der Waals surface area contributed by atoms with Crippen molar-refractivity contribution in [1.82, 2.24) is 0 Å². The van der Waals surface area contributed by atoms with E-state index in [1.165, 1.54) is 6.07 Å². The molecule has 2 aromatic rings. The first kappa shape index (κ1) is 20.1. The van der Waals surface area contributed by atoms with Crippen LogP contribution in [-0.4, -0.2) is 19.0 Å². The fourth-order valence-corrected chi connectivity index (χ4v) is 4.16. The predicted octanol–water partition coefficient (Wildman–Crippen LogP) is 4.83. The maximum Gasteiger partial charge on any atom is 0.501 e. The van der Waals surface area contributed by atoms with Gasteiger partial charge in [-0.25, -0.2) is 17.7 Å². The lowest BCUT2D eigenvalue weighted by atomic mass is 9.88. The third-order valence-electron chi connectivity index (χ3n) is 4.32. The molecular weight excluding hydrogens is 402 g/mol. The Morgan fingerprint density at radius 1 is 1.21 bits per heavy atom. The smallest absolute Gasteiger partial charge is 0.458 e. The van der Waals surface area contributed by atoms with Crippen molar-refractivity contribution in [3.63, 3.8) is 0 Å². The Labute approximate surface area is 157 Å². The van der Waals surface area contributed by atoms with Gasteiger partial charge < -0.3 is 9.84 Å². The molecule has 0 saturated carbocycles. The largest absolute Gasteiger partial charge is 0.501 e. The van der Waals surface area contributed by atoms with Gasteiger partial charge in [-0.3, -0.25) is 0 Å². The van der Waals surface area contributed by atoms with Crippen LogP contribution in [0, 0.1) is 12.4 Å². The Balaban J connectivity index is 2.15. The maximum absolute atomic E-state index is 13.6. The molecule has 0 amide bonds. The average molecular weight is 415 g/mol. The zero-order valence-corrected chi connectivity index (χ0v) is 14.9. The van der Waals surface area contributed by atoms with Crippen LogP contribution >= 0.6 is 0 Å². The predicted molar refractivity (Wildman–Crippen MR) is 90.3 cm³/mol.